The van der Waals surface area contributed by atoms with Gasteiger partial charge < -0.3 is 11.1 Å². The van der Waals surface area contributed by atoms with Crippen LogP contribution >= 0.6 is 11.8 Å². The number of aryl methyl sites for hydroxylation is 1. The summed E-state index contributed by atoms with van der Waals surface area (Å²) in [5, 5.41) is 11.4. The molecule has 3 N–H and O–H groups in total. The molecule has 1 atom stereocenters. The first-order valence-electron chi connectivity index (χ1n) is 6.69. The van der Waals surface area contributed by atoms with Crippen molar-refractivity contribution in [1.82, 2.24) is 14.8 Å². The van der Waals surface area contributed by atoms with Crippen molar-refractivity contribution in [3.05, 3.63) is 29.8 Å². The molecule has 1 aromatic heterocycles. The average Bonchev–Trinajstić information content (AvgIpc) is 2.84. The zero-order valence-electron chi connectivity index (χ0n) is 12.3. The fraction of sp³-hybridized carbons (Fsp3) is 0.357. The minimum absolute atomic E-state index is 0.117. The Morgan fingerprint density at radius 1 is 1.43 bits per heavy atom. The molecule has 0 saturated heterocycles. The molecule has 1 amide bonds. The van der Waals surface area contributed by atoms with Gasteiger partial charge in [0.15, 0.2) is 5.16 Å². The van der Waals surface area contributed by atoms with Gasteiger partial charge in [0.2, 0.25) is 11.9 Å². The van der Waals surface area contributed by atoms with E-state index >= 15 is 0 Å². The van der Waals surface area contributed by atoms with Crippen molar-refractivity contribution < 1.29 is 4.79 Å². The standard InChI is InChI=1S/C14H19N5OS/c1-4-11(19-13(15)17-18-14(19)21-3)12(20)16-10-8-6-5-7-9(10)2/h5-8,11H,4H2,1-3H3,(H2,15,17)(H,16,20). The molecule has 0 aliphatic carbocycles. The van der Waals surface area contributed by atoms with E-state index in [-0.39, 0.29) is 11.9 Å². The summed E-state index contributed by atoms with van der Waals surface area (Å²) in [7, 11) is 0. The predicted molar refractivity (Wildman–Crippen MR) is 85.4 cm³/mol. The van der Waals surface area contributed by atoms with Crippen molar-refractivity contribution in [2.45, 2.75) is 31.5 Å². The van der Waals surface area contributed by atoms with Gasteiger partial charge in [0, 0.05) is 5.69 Å². The number of nitrogens with zero attached hydrogens (tertiary/aromatic N) is 3. The summed E-state index contributed by atoms with van der Waals surface area (Å²) in [5.41, 5.74) is 7.67. The number of rotatable bonds is 5. The van der Waals surface area contributed by atoms with E-state index in [1.165, 1.54) is 11.8 Å². The van der Waals surface area contributed by atoms with Crippen LogP contribution in [0.15, 0.2) is 29.4 Å². The molecule has 21 heavy (non-hydrogen) atoms. The number of amides is 1. The maximum atomic E-state index is 12.6. The fourth-order valence-electron chi connectivity index (χ4n) is 2.13. The van der Waals surface area contributed by atoms with E-state index in [0.717, 1.165) is 11.3 Å². The second-order valence-electron chi connectivity index (χ2n) is 4.64. The summed E-state index contributed by atoms with van der Waals surface area (Å²) >= 11 is 1.42. The molecular weight excluding hydrogens is 286 g/mol. The zero-order chi connectivity index (χ0) is 15.4. The SMILES string of the molecule is CCC(C(=O)Nc1ccccc1C)n1c(N)nnc1SC. The van der Waals surface area contributed by atoms with Crippen LogP contribution in [0, 0.1) is 6.92 Å². The molecule has 0 spiro atoms. The number of nitrogen functional groups attached to an aromatic ring is 1. The summed E-state index contributed by atoms with van der Waals surface area (Å²) in [4.78, 5) is 12.6. The van der Waals surface area contributed by atoms with Gasteiger partial charge in [0.25, 0.3) is 0 Å². The largest absolute Gasteiger partial charge is 0.368 e. The molecular formula is C14H19N5OS. The van der Waals surface area contributed by atoms with E-state index in [1.54, 1.807) is 4.57 Å². The molecule has 2 aromatic rings. The lowest BCUT2D eigenvalue weighted by Crippen LogP contribution is -2.27. The second kappa shape index (κ2) is 6.62. The first-order chi connectivity index (χ1) is 10.1. The Bertz CT molecular complexity index is 640. The van der Waals surface area contributed by atoms with Crippen molar-refractivity contribution in [1.29, 1.82) is 0 Å². The first-order valence-corrected chi connectivity index (χ1v) is 7.91. The predicted octanol–water partition coefficient (Wildman–Crippen LogP) is 2.48. The topological polar surface area (TPSA) is 85.8 Å². The van der Waals surface area contributed by atoms with Crippen molar-refractivity contribution in [3.63, 3.8) is 0 Å². The van der Waals surface area contributed by atoms with E-state index < -0.39 is 6.04 Å². The number of carbonyl (C=O) groups is 1. The number of aromatic nitrogens is 3. The van der Waals surface area contributed by atoms with Crippen LogP contribution in [0.4, 0.5) is 11.6 Å². The monoisotopic (exact) mass is 305 g/mol. The minimum atomic E-state index is -0.429. The van der Waals surface area contributed by atoms with Gasteiger partial charge in [-0.2, -0.15) is 0 Å². The highest BCUT2D eigenvalue weighted by Crippen LogP contribution is 2.25. The van der Waals surface area contributed by atoms with Crippen LogP contribution < -0.4 is 11.1 Å². The van der Waals surface area contributed by atoms with Gasteiger partial charge in [0.1, 0.15) is 6.04 Å². The molecule has 7 heteroatoms. The Morgan fingerprint density at radius 2 is 2.14 bits per heavy atom. The lowest BCUT2D eigenvalue weighted by Gasteiger charge is -2.19. The van der Waals surface area contributed by atoms with Crippen LogP contribution in [0.5, 0.6) is 0 Å². The average molecular weight is 305 g/mol. The highest BCUT2D eigenvalue weighted by Gasteiger charge is 2.24. The van der Waals surface area contributed by atoms with Gasteiger partial charge in [-0.15, -0.1) is 10.2 Å². The van der Waals surface area contributed by atoms with Crippen LogP contribution in [0.1, 0.15) is 24.9 Å². The van der Waals surface area contributed by atoms with Gasteiger partial charge in [-0.25, -0.2) is 0 Å². The van der Waals surface area contributed by atoms with Gasteiger partial charge in [-0.05, 0) is 31.2 Å². The van der Waals surface area contributed by atoms with Gasteiger partial charge in [-0.1, -0.05) is 36.9 Å². The van der Waals surface area contributed by atoms with Crippen LogP contribution in [-0.2, 0) is 4.79 Å². The molecule has 0 fully saturated rings. The Morgan fingerprint density at radius 3 is 2.76 bits per heavy atom. The van der Waals surface area contributed by atoms with Gasteiger partial charge in [-0.3, -0.25) is 9.36 Å². The van der Waals surface area contributed by atoms with E-state index in [4.69, 9.17) is 5.73 Å². The van der Waals surface area contributed by atoms with Crippen LogP contribution in [-0.4, -0.2) is 26.9 Å². The Kier molecular flexibility index (Phi) is 4.85. The van der Waals surface area contributed by atoms with Crippen LogP contribution in [0.2, 0.25) is 0 Å². The molecule has 0 aliphatic rings. The second-order valence-corrected chi connectivity index (χ2v) is 5.42. The highest BCUT2D eigenvalue weighted by molar-refractivity contribution is 7.98. The molecule has 1 unspecified atom stereocenters. The van der Waals surface area contributed by atoms with E-state index in [1.807, 2.05) is 44.4 Å². The number of thioether (sulfide) groups is 1. The summed E-state index contributed by atoms with van der Waals surface area (Å²) in [6, 6.07) is 7.24. The molecule has 1 heterocycles. The maximum Gasteiger partial charge on any atom is 0.247 e. The Hall–Kier alpha value is -2.02. The van der Waals surface area contributed by atoms with Crippen molar-refractivity contribution in [2.24, 2.45) is 0 Å². The van der Waals surface area contributed by atoms with E-state index in [9.17, 15) is 4.79 Å². The number of benzene rings is 1. The summed E-state index contributed by atoms with van der Waals surface area (Å²) in [6.07, 6.45) is 2.49. The molecule has 112 valence electrons. The molecule has 0 bridgehead atoms. The van der Waals surface area contributed by atoms with Gasteiger partial charge >= 0.3 is 0 Å². The number of carbonyl (C=O) groups excluding carboxylic acids is 1. The summed E-state index contributed by atoms with van der Waals surface area (Å²) in [6.45, 7) is 3.89. The normalized spacial score (nSPS) is 12.1. The lowest BCUT2D eigenvalue weighted by atomic mass is 10.1. The molecule has 0 saturated carbocycles. The molecule has 6 nitrogen and oxygen atoms in total. The number of hydrogen-bond acceptors (Lipinski definition) is 5. The molecule has 0 aliphatic heterocycles. The van der Waals surface area contributed by atoms with Crippen molar-refractivity contribution in [2.75, 3.05) is 17.3 Å². The highest BCUT2D eigenvalue weighted by atomic mass is 32.2. The smallest absolute Gasteiger partial charge is 0.247 e. The van der Waals surface area contributed by atoms with Gasteiger partial charge in [0.05, 0.1) is 0 Å². The van der Waals surface area contributed by atoms with E-state index in [0.29, 0.717) is 11.6 Å². The number of anilines is 2. The lowest BCUT2D eigenvalue weighted by molar-refractivity contribution is -0.119. The van der Waals surface area contributed by atoms with Crippen LogP contribution in [0.3, 0.4) is 0 Å². The number of nitrogens with two attached hydrogens (primary N) is 1. The third-order valence-electron chi connectivity index (χ3n) is 3.28. The summed E-state index contributed by atoms with van der Waals surface area (Å²) in [5.74, 6) is 0.139. The number of para-hydroxylation sites is 1. The molecule has 1 aromatic carbocycles. The fourth-order valence-corrected chi connectivity index (χ4v) is 2.67. The third kappa shape index (κ3) is 3.18. The Balaban J connectivity index is 2.27. The number of nitrogens with one attached hydrogen (secondary N) is 1. The zero-order valence-corrected chi connectivity index (χ0v) is 13.1. The van der Waals surface area contributed by atoms with Crippen LogP contribution in [0.25, 0.3) is 0 Å². The maximum absolute atomic E-state index is 12.6. The van der Waals surface area contributed by atoms with E-state index in [2.05, 4.69) is 15.5 Å². The molecule has 2 rings (SSSR count). The Labute approximate surface area is 128 Å². The molecule has 0 radical (unpaired) electrons. The van der Waals surface area contributed by atoms with Crippen molar-refractivity contribution in [3.8, 4) is 0 Å². The summed E-state index contributed by atoms with van der Waals surface area (Å²) < 4.78 is 1.68. The van der Waals surface area contributed by atoms with Crippen molar-refractivity contribution >= 4 is 29.3 Å². The quantitative estimate of drug-likeness (QED) is 0.829. The minimum Gasteiger partial charge on any atom is -0.368 e. The third-order valence-corrected chi connectivity index (χ3v) is 3.92. The first kappa shape index (κ1) is 15.4. The number of hydrogen-bond donors (Lipinski definition) is 2.